The highest BCUT2D eigenvalue weighted by molar-refractivity contribution is 7.89. The second-order valence-electron chi connectivity index (χ2n) is 5.81. The van der Waals surface area contributed by atoms with Crippen molar-refractivity contribution in [3.63, 3.8) is 0 Å². The van der Waals surface area contributed by atoms with Gasteiger partial charge in [0.15, 0.2) is 0 Å². The Balaban J connectivity index is 2.08. The summed E-state index contributed by atoms with van der Waals surface area (Å²) in [7, 11) is -2.07. The van der Waals surface area contributed by atoms with Crippen LogP contribution in [0, 0.1) is 6.92 Å². The van der Waals surface area contributed by atoms with Crippen LogP contribution >= 0.6 is 11.6 Å². The Morgan fingerprint density at radius 2 is 2.00 bits per heavy atom. The van der Waals surface area contributed by atoms with Gasteiger partial charge in [0.05, 0.1) is 11.5 Å². The summed E-state index contributed by atoms with van der Waals surface area (Å²) in [5.41, 5.74) is 1.77. The molecule has 1 heterocycles. The largest absolute Gasteiger partial charge is 0.368 e. The smallest absolute Gasteiger partial charge is 0.242 e. The Hall–Kier alpha value is -1.80. The number of ketones is 1. The van der Waals surface area contributed by atoms with Crippen LogP contribution in [0.5, 0.6) is 0 Å². The number of hydrogen-bond acceptors (Lipinski definition) is 5. The van der Waals surface area contributed by atoms with E-state index in [1.165, 1.54) is 29.6 Å². The number of aromatic nitrogens is 1. The van der Waals surface area contributed by atoms with Crippen molar-refractivity contribution in [2.45, 2.75) is 25.3 Å². The van der Waals surface area contributed by atoms with Gasteiger partial charge in [0.25, 0.3) is 0 Å². The van der Waals surface area contributed by atoms with Crippen LogP contribution in [0.3, 0.4) is 0 Å². The van der Waals surface area contributed by atoms with Crippen molar-refractivity contribution in [1.29, 1.82) is 0 Å². The highest BCUT2D eigenvalue weighted by Crippen LogP contribution is 2.23. The summed E-state index contributed by atoms with van der Waals surface area (Å²) < 4.78 is 31.5. The fourth-order valence-electron chi connectivity index (χ4n) is 2.19. The molecule has 1 aromatic carbocycles. The van der Waals surface area contributed by atoms with Gasteiger partial charge in [-0.05, 0) is 48.4 Å². The Labute approximate surface area is 158 Å². The lowest BCUT2D eigenvalue weighted by atomic mass is 10.2. The molecule has 0 aliphatic rings. The molecule has 140 valence electrons. The molecular formula is C18H21ClN2O4S. The summed E-state index contributed by atoms with van der Waals surface area (Å²) in [6.45, 7) is 3.84. The minimum atomic E-state index is -3.58. The Bertz CT molecular complexity index is 900. The van der Waals surface area contributed by atoms with Crippen LogP contribution in [0.15, 0.2) is 41.4 Å². The average molecular weight is 397 g/mol. The lowest BCUT2D eigenvalue weighted by Crippen LogP contribution is -2.26. The fraction of sp³-hybridized carbons (Fsp3) is 0.333. The van der Waals surface area contributed by atoms with E-state index in [2.05, 4.69) is 4.98 Å². The molecule has 2 aromatic rings. The van der Waals surface area contributed by atoms with Crippen LogP contribution in [0.25, 0.3) is 0 Å². The molecule has 6 nitrogen and oxygen atoms in total. The third-order valence-corrected chi connectivity index (χ3v) is 6.16. The van der Waals surface area contributed by atoms with Gasteiger partial charge < -0.3 is 4.74 Å². The first-order valence-electron chi connectivity index (χ1n) is 8.04. The maximum absolute atomic E-state index is 12.4. The zero-order valence-corrected chi connectivity index (χ0v) is 16.5. The molecule has 1 aromatic heterocycles. The monoisotopic (exact) mass is 396 g/mol. The second kappa shape index (κ2) is 8.73. The van der Waals surface area contributed by atoms with Crippen LogP contribution in [0.1, 0.15) is 28.5 Å². The lowest BCUT2D eigenvalue weighted by molar-refractivity contribution is 0.0721. The van der Waals surface area contributed by atoms with Crippen molar-refractivity contribution in [2.24, 2.45) is 0 Å². The molecule has 0 aliphatic carbocycles. The molecule has 0 N–H and O–H groups in total. The lowest BCUT2D eigenvalue weighted by Gasteiger charge is -2.16. The van der Waals surface area contributed by atoms with Crippen LogP contribution in [-0.2, 0) is 21.4 Å². The Morgan fingerprint density at radius 1 is 1.27 bits per heavy atom. The normalized spacial score (nSPS) is 11.7. The van der Waals surface area contributed by atoms with E-state index in [1.54, 1.807) is 25.3 Å². The van der Waals surface area contributed by atoms with Gasteiger partial charge in [0.1, 0.15) is 12.3 Å². The molecule has 0 amide bonds. The van der Waals surface area contributed by atoms with E-state index < -0.39 is 10.0 Å². The van der Waals surface area contributed by atoms with Gasteiger partial charge >= 0.3 is 0 Å². The van der Waals surface area contributed by atoms with Gasteiger partial charge in [0.2, 0.25) is 15.8 Å². The summed E-state index contributed by atoms with van der Waals surface area (Å²) in [6, 6.07) is 7.93. The van der Waals surface area contributed by atoms with E-state index in [1.807, 2.05) is 6.92 Å². The first-order chi connectivity index (χ1) is 12.3. The maximum atomic E-state index is 12.4. The zero-order chi connectivity index (χ0) is 19.3. The number of hydrogen-bond donors (Lipinski definition) is 0. The highest BCUT2D eigenvalue weighted by atomic mass is 35.5. The highest BCUT2D eigenvalue weighted by Gasteiger charge is 2.20. The van der Waals surface area contributed by atoms with Crippen molar-refractivity contribution in [2.75, 3.05) is 20.2 Å². The second-order valence-corrected chi connectivity index (χ2v) is 8.26. The molecule has 8 heteroatoms. The predicted octanol–water partition coefficient (Wildman–Crippen LogP) is 3.08. The van der Waals surface area contributed by atoms with E-state index in [4.69, 9.17) is 16.3 Å². The van der Waals surface area contributed by atoms with Gasteiger partial charge in [-0.15, -0.1) is 0 Å². The van der Waals surface area contributed by atoms with Crippen molar-refractivity contribution in [1.82, 2.24) is 9.29 Å². The first kappa shape index (κ1) is 20.5. The summed E-state index contributed by atoms with van der Waals surface area (Å²) in [5.74, 6) is -0.251. The molecule has 0 radical (unpaired) electrons. The summed E-state index contributed by atoms with van der Waals surface area (Å²) in [6.07, 6.45) is 1.57. The van der Waals surface area contributed by atoms with E-state index in [9.17, 15) is 13.2 Å². The molecule has 0 spiro atoms. The molecule has 2 rings (SSSR count). The molecule has 0 saturated carbocycles. The van der Waals surface area contributed by atoms with Crippen molar-refractivity contribution in [3.05, 3.63) is 58.4 Å². The topological polar surface area (TPSA) is 76.6 Å². The SMILES string of the molecule is CCN(C)S(=O)(=O)c1ccc(Cl)c(COCC(=O)c2cc(C)ccn2)c1. The van der Waals surface area contributed by atoms with Crippen molar-refractivity contribution in [3.8, 4) is 0 Å². The van der Waals surface area contributed by atoms with Crippen molar-refractivity contribution < 1.29 is 17.9 Å². The number of benzene rings is 1. The number of carbonyl (C=O) groups excluding carboxylic acids is 1. The van der Waals surface area contributed by atoms with Gasteiger partial charge in [0, 0.05) is 24.8 Å². The molecule has 0 saturated heterocycles. The van der Waals surface area contributed by atoms with Crippen LogP contribution < -0.4 is 0 Å². The summed E-state index contributed by atoms with van der Waals surface area (Å²) in [5, 5.41) is 0.379. The number of halogens is 1. The van der Waals surface area contributed by atoms with Gasteiger partial charge in [-0.3, -0.25) is 9.78 Å². The Kier molecular flexibility index (Phi) is 6.88. The minimum absolute atomic E-state index is 0.0234. The number of ether oxygens (including phenoxy) is 1. The van der Waals surface area contributed by atoms with Crippen molar-refractivity contribution >= 4 is 27.4 Å². The van der Waals surface area contributed by atoms with E-state index in [0.29, 0.717) is 22.8 Å². The van der Waals surface area contributed by atoms with Gasteiger partial charge in [-0.25, -0.2) is 12.7 Å². The molecule has 0 unspecified atom stereocenters. The number of aryl methyl sites for hydroxylation is 1. The fourth-order valence-corrected chi connectivity index (χ4v) is 3.59. The Morgan fingerprint density at radius 3 is 2.65 bits per heavy atom. The molecule has 0 fully saturated rings. The predicted molar refractivity (Wildman–Crippen MR) is 99.9 cm³/mol. The maximum Gasteiger partial charge on any atom is 0.242 e. The average Bonchev–Trinajstić information content (AvgIpc) is 2.62. The van der Waals surface area contributed by atoms with E-state index in [0.717, 1.165) is 5.56 Å². The number of carbonyl (C=O) groups is 1. The number of nitrogens with zero attached hydrogens (tertiary/aromatic N) is 2. The summed E-state index contributed by atoms with van der Waals surface area (Å²) in [4.78, 5) is 16.3. The summed E-state index contributed by atoms with van der Waals surface area (Å²) >= 11 is 6.13. The van der Waals surface area contributed by atoms with Crippen LogP contribution in [-0.4, -0.2) is 43.7 Å². The van der Waals surface area contributed by atoms with E-state index in [-0.39, 0.29) is 23.9 Å². The molecule has 0 atom stereocenters. The standard InChI is InChI=1S/C18H21ClN2O4S/c1-4-21(3)26(23,24)15-5-6-16(19)14(10-15)11-25-12-18(22)17-9-13(2)7-8-20-17/h5-10H,4,11-12H2,1-3H3. The van der Waals surface area contributed by atoms with E-state index >= 15 is 0 Å². The molecular weight excluding hydrogens is 376 g/mol. The molecule has 26 heavy (non-hydrogen) atoms. The first-order valence-corrected chi connectivity index (χ1v) is 9.86. The molecule has 0 bridgehead atoms. The third kappa shape index (κ3) is 4.88. The van der Waals surface area contributed by atoms with Crippen LogP contribution in [0.4, 0.5) is 0 Å². The number of pyridine rings is 1. The number of sulfonamides is 1. The zero-order valence-electron chi connectivity index (χ0n) is 14.9. The van der Waals surface area contributed by atoms with Crippen LogP contribution in [0.2, 0.25) is 5.02 Å². The molecule has 0 aliphatic heterocycles. The quantitative estimate of drug-likeness (QED) is 0.641. The van der Waals surface area contributed by atoms with Gasteiger partial charge in [-0.2, -0.15) is 0 Å². The minimum Gasteiger partial charge on any atom is -0.368 e. The third-order valence-electron chi connectivity index (χ3n) is 3.86. The number of rotatable bonds is 8. The number of Topliss-reactive ketones (excluding diaryl/α,β-unsaturated/α-hetero) is 1. The van der Waals surface area contributed by atoms with Gasteiger partial charge in [-0.1, -0.05) is 18.5 Å².